The quantitative estimate of drug-likeness (QED) is 0.621. The summed E-state index contributed by atoms with van der Waals surface area (Å²) in [5.74, 6) is 5.77. The van der Waals surface area contributed by atoms with Crippen LogP contribution in [-0.4, -0.2) is 13.2 Å². The molecule has 1 aromatic rings. The van der Waals surface area contributed by atoms with Gasteiger partial charge >= 0.3 is 0 Å². The minimum atomic E-state index is -0.308. The average Bonchev–Trinajstić information content (AvgIpc) is 2.95. The highest BCUT2D eigenvalue weighted by Crippen LogP contribution is 2.44. The zero-order valence-electron chi connectivity index (χ0n) is 12.4. The second-order valence-electron chi connectivity index (χ2n) is 5.82. The number of methoxy groups -OCH3 is 1. The second-order valence-corrected chi connectivity index (χ2v) is 5.82. The standard InChI is InChI=1S/C16H25FN2O/c1-3-16(8-4-5-9-16)15(19-18)11-12-6-7-14(20-2)13(17)10-12/h6-7,10,15,19H,3-5,8-9,11,18H2,1-2H3. The first-order valence-corrected chi connectivity index (χ1v) is 7.43. The molecule has 1 atom stereocenters. The van der Waals surface area contributed by atoms with Crippen molar-refractivity contribution >= 4 is 0 Å². The van der Waals surface area contributed by atoms with Crippen LogP contribution >= 0.6 is 0 Å². The van der Waals surface area contributed by atoms with E-state index in [-0.39, 0.29) is 23.0 Å². The molecule has 1 unspecified atom stereocenters. The van der Waals surface area contributed by atoms with E-state index in [0.717, 1.165) is 18.4 Å². The summed E-state index contributed by atoms with van der Waals surface area (Å²) >= 11 is 0. The highest BCUT2D eigenvalue weighted by atomic mass is 19.1. The van der Waals surface area contributed by atoms with Gasteiger partial charge in [0.1, 0.15) is 0 Å². The summed E-state index contributed by atoms with van der Waals surface area (Å²) in [6.07, 6.45) is 6.81. The number of nitrogens with one attached hydrogen (secondary N) is 1. The van der Waals surface area contributed by atoms with E-state index in [1.54, 1.807) is 12.1 Å². The molecule has 0 spiro atoms. The molecule has 4 heteroatoms. The van der Waals surface area contributed by atoms with Gasteiger partial charge in [0.05, 0.1) is 7.11 Å². The number of halogens is 1. The molecule has 112 valence electrons. The Morgan fingerprint density at radius 3 is 2.60 bits per heavy atom. The van der Waals surface area contributed by atoms with E-state index in [0.29, 0.717) is 0 Å². The van der Waals surface area contributed by atoms with Crippen LogP contribution in [0.4, 0.5) is 4.39 Å². The Morgan fingerprint density at radius 2 is 2.10 bits per heavy atom. The Bertz CT molecular complexity index is 444. The molecule has 2 rings (SSSR count). The van der Waals surface area contributed by atoms with Gasteiger partial charge in [-0.3, -0.25) is 11.3 Å². The Hall–Kier alpha value is -1.13. The fourth-order valence-corrected chi connectivity index (χ4v) is 3.55. The van der Waals surface area contributed by atoms with Gasteiger partial charge in [-0.25, -0.2) is 4.39 Å². The molecule has 3 nitrogen and oxygen atoms in total. The van der Waals surface area contributed by atoms with Crippen LogP contribution in [0.5, 0.6) is 5.75 Å². The van der Waals surface area contributed by atoms with Crippen molar-refractivity contribution in [3.8, 4) is 5.75 Å². The van der Waals surface area contributed by atoms with Gasteiger partial charge in [-0.2, -0.15) is 0 Å². The third-order valence-electron chi connectivity index (χ3n) is 4.90. The summed E-state index contributed by atoms with van der Waals surface area (Å²) in [4.78, 5) is 0. The largest absolute Gasteiger partial charge is 0.494 e. The molecule has 1 fully saturated rings. The maximum Gasteiger partial charge on any atom is 0.165 e. The van der Waals surface area contributed by atoms with Crippen molar-refractivity contribution in [3.63, 3.8) is 0 Å². The van der Waals surface area contributed by atoms with Crippen LogP contribution in [0.1, 0.15) is 44.6 Å². The monoisotopic (exact) mass is 280 g/mol. The zero-order valence-corrected chi connectivity index (χ0v) is 12.4. The lowest BCUT2D eigenvalue weighted by atomic mass is 9.74. The summed E-state index contributed by atoms with van der Waals surface area (Å²) in [5.41, 5.74) is 4.20. The highest BCUT2D eigenvalue weighted by Gasteiger charge is 2.39. The lowest BCUT2D eigenvalue weighted by Gasteiger charge is -2.36. The fourth-order valence-electron chi connectivity index (χ4n) is 3.55. The number of rotatable bonds is 6. The number of hydrogen-bond acceptors (Lipinski definition) is 3. The lowest BCUT2D eigenvalue weighted by Crippen LogP contribution is -2.48. The van der Waals surface area contributed by atoms with Crippen molar-refractivity contribution < 1.29 is 9.13 Å². The smallest absolute Gasteiger partial charge is 0.165 e. The number of hydrogen-bond donors (Lipinski definition) is 2. The van der Waals surface area contributed by atoms with Crippen LogP contribution in [0.2, 0.25) is 0 Å². The predicted molar refractivity (Wildman–Crippen MR) is 79.0 cm³/mol. The summed E-state index contributed by atoms with van der Waals surface area (Å²) < 4.78 is 18.7. The van der Waals surface area contributed by atoms with E-state index in [1.165, 1.54) is 32.8 Å². The number of ether oxygens (including phenoxy) is 1. The molecule has 0 saturated heterocycles. The molecular formula is C16H25FN2O. The van der Waals surface area contributed by atoms with Crippen molar-refractivity contribution in [2.45, 2.75) is 51.5 Å². The molecule has 0 heterocycles. The van der Waals surface area contributed by atoms with E-state index >= 15 is 0 Å². The predicted octanol–water partition coefficient (Wildman–Crippen LogP) is 3.18. The van der Waals surface area contributed by atoms with E-state index in [1.807, 2.05) is 6.07 Å². The molecule has 20 heavy (non-hydrogen) atoms. The topological polar surface area (TPSA) is 47.3 Å². The maximum absolute atomic E-state index is 13.8. The van der Waals surface area contributed by atoms with Crippen molar-refractivity contribution in [3.05, 3.63) is 29.6 Å². The molecular weight excluding hydrogens is 255 g/mol. The number of hydrazine groups is 1. The molecule has 3 N–H and O–H groups in total. The van der Waals surface area contributed by atoms with Crippen molar-refractivity contribution in [1.82, 2.24) is 5.43 Å². The molecule has 0 aliphatic heterocycles. The molecule has 1 aliphatic rings. The highest BCUT2D eigenvalue weighted by molar-refractivity contribution is 5.30. The van der Waals surface area contributed by atoms with E-state index in [2.05, 4.69) is 12.3 Å². The third-order valence-corrected chi connectivity index (χ3v) is 4.90. The molecule has 0 radical (unpaired) electrons. The number of nitrogens with two attached hydrogens (primary N) is 1. The van der Waals surface area contributed by atoms with Gasteiger partial charge in [0.2, 0.25) is 0 Å². The first-order chi connectivity index (χ1) is 9.65. The van der Waals surface area contributed by atoms with Crippen LogP contribution < -0.4 is 16.0 Å². The summed E-state index contributed by atoms with van der Waals surface area (Å²) in [6, 6.07) is 5.36. The van der Waals surface area contributed by atoms with Crippen LogP contribution in [-0.2, 0) is 6.42 Å². The molecule has 1 saturated carbocycles. The summed E-state index contributed by atoms with van der Waals surface area (Å²) in [5, 5.41) is 0. The zero-order chi connectivity index (χ0) is 14.6. The maximum atomic E-state index is 13.8. The van der Waals surface area contributed by atoms with Gasteiger partial charge in [-0.1, -0.05) is 25.8 Å². The van der Waals surface area contributed by atoms with Crippen LogP contribution in [0.25, 0.3) is 0 Å². The van der Waals surface area contributed by atoms with Crippen LogP contribution in [0.15, 0.2) is 18.2 Å². The second kappa shape index (κ2) is 6.55. The summed E-state index contributed by atoms with van der Waals surface area (Å²) in [6.45, 7) is 2.23. The molecule has 0 bridgehead atoms. The SMILES string of the molecule is CCC1(C(Cc2ccc(OC)c(F)c2)NN)CCCC1. The minimum Gasteiger partial charge on any atom is -0.494 e. The molecule has 1 aromatic carbocycles. The van der Waals surface area contributed by atoms with Gasteiger partial charge in [-0.05, 0) is 48.8 Å². The van der Waals surface area contributed by atoms with E-state index in [9.17, 15) is 4.39 Å². The van der Waals surface area contributed by atoms with Crippen LogP contribution in [0, 0.1) is 11.2 Å². The van der Waals surface area contributed by atoms with E-state index in [4.69, 9.17) is 10.6 Å². The molecule has 0 aromatic heterocycles. The Labute approximate surface area is 120 Å². The minimum absolute atomic E-state index is 0.197. The van der Waals surface area contributed by atoms with Crippen molar-refractivity contribution in [2.75, 3.05) is 7.11 Å². The molecule has 0 amide bonds. The van der Waals surface area contributed by atoms with Gasteiger partial charge in [0, 0.05) is 6.04 Å². The summed E-state index contributed by atoms with van der Waals surface area (Å²) in [7, 11) is 1.48. The van der Waals surface area contributed by atoms with E-state index < -0.39 is 0 Å². The van der Waals surface area contributed by atoms with Gasteiger partial charge in [0.15, 0.2) is 11.6 Å². The van der Waals surface area contributed by atoms with Gasteiger partial charge in [0.25, 0.3) is 0 Å². The van der Waals surface area contributed by atoms with Crippen LogP contribution in [0.3, 0.4) is 0 Å². The molecule has 1 aliphatic carbocycles. The average molecular weight is 280 g/mol. The first-order valence-electron chi connectivity index (χ1n) is 7.43. The fraction of sp³-hybridized carbons (Fsp3) is 0.625. The Balaban J connectivity index is 2.15. The Kier molecular flexibility index (Phi) is 5.00. The first kappa shape index (κ1) is 15.3. The third kappa shape index (κ3) is 2.96. The number of benzene rings is 1. The van der Waals surface area contributed by atoms with Crippen molar-refractivity contribution in [1.29, 1.82) is 0 Å². The van der Waals surface area contributed by atoms with Crippen molar-refractivity contribution in [2.24, 2.45) is 11.3 Å². The van der Waals surface area contributed by atoms with Gasteiger partial charge < -0.3 is 4.74 Å². The normalized spacial score (nSPS) is 19.0. The lowest BCUT2D eigenvalue weighted by molar-refractivity contribution is 0.185. The van der Waals surface area contributed by atoms with Gasteiger partial charge in [-0.15, -0.1) is 0 Å². The Morgan fingerprint density at radius 1 is 1.40 bits per heavy atom.